The molecule has 1 aliphatic carbocycles. The van der Waals surface area contributed by atoms with Gasteiger partial charge in [-0.1, -0.05) is 49.0 Å². The molecule has 6 nitrogen and oxygen atoms in total. The summed E-state index contributed by atoms with van der Waals surface area (Å²) < 4.78 is 1.55. The van der Waals surface area contributed by atoms with Crippen LogP contribution < -0.4 is 10.9 Å². The summed E-state index contributed by atoms with van der Waals surface area (Å²) in [6, 6.07) is 18.8. The molecule has 0 saturated carbocycles. The molecule has 0 fully saturated rings. The van der Waals surface area contributed by atoms with Crippen LogP contribution in [-0.2, 0) is 17.6 Å². The van der Waals surface area contributed by atoms with Gasteiger partial charge in [0.05, 0.1) is 27.9 Å². The molecule has 4 aromatic rings. The van der Waals surface area contributed by atoms with Crippen molar-refractivity contribution >= 4 is 44.9 Å². The van der Waals surface area contributed by atoms with Gasteiger partial charge in [0.25, 0.3) is 5.56 Å². The maximum Gasteiger partial charge on any atom is 0.266 e. The molecule has 0 saturated heterocycles. The third kappa shape index (κ3) is 4.25. The van der Waals surface area contributed by atoms with E-state index in [1.54, 1.807) is 16.7 Å². The number of benzene rings is 2. The lowest BCUT2D eigenvalue weighted by atomic mass is 9.89. The second kappa shape index (κ2) is 9.45. The first-order valence-corrected chi connectivity index (χ1v) is 12.9. The lowest BCUT2D eigenvalue weighted by molar-refractivity contribution is -0.113. The van der Waals surface area contributed by atoms with Gasteiger partial charge in [0.2, 0.25) is 5.91 Å². The Hall–Kier alpha value is -3.41. The molecule has 1 aliphatic rings. The molecule has 1 unspecified atom stereocenters. The average Bonchev–Trinajstić information content (AvgIpc) is 3.19. The smallest absolute Gasteiger partial charge is 0.266 e. The molecule has 5 rings (SSSR count). The molecule has 2 aromatic carbocycles. The molecule has 170 valence electrons. The van der Waals surface area contributed by atoms with E-state index in [9.17, 15) is 14.9 Å². The summed E-state index contributed by atoms with van der Waals surface area (Å²) in [7, 11) is 0. The van der Waals surface area contributed by atoms with Crippen molar-refractivity contribution in [1.29, 1.82) is 5.26 Å². The summed E-state index contributed by atoms with van der Waals surface area (Å²) in [5.74, 6) is 0.433. The van der Waals surface area contributed by atoms with Crippen LogP contribution in [0.2, 0.25) is 0 Å². The molecule has 2 heterocycles. The van der Waals surface area contributed by atoms with Gasteiger partial charge >= 0.3 is 0 Å². The summed E-state index contributed by atoms with van der Waals surface area (Å²) in [5, 5.41) is 14.2. The molecule has 0 spiro atoms. The van der Waals surface area contributed by atoms with Gasteiger partial charge in [-0.05, 0) is 55.0 Å². The zero-order valence-electron chi connectivity index (χ0n) is 18.6. The van der Waals surface area contributed by atoms with E-state index in [-0.39, 0.29) is 17.2 Å². The van der Waals surface area contributed by atoms with Crippen molar-refractivity contribution in [3.05, 3.63) is 81.0 Å². The van der Waals surface area contributed by atoms with Crippen LogP contribution >= 0.6 is 23.1 Å². The van der Waals surface area contributed by atoms with Crippen LogP contribution in [0.3, 0.4) is 0 Å². The minimum atomic E-state index is -0.227. The number of rotatable bonds is 5. The van der Waals surface area contributed by atoms with Crippen molar-refractivity contribution in [2.45, 2.75) is 31.3 Å². The van der Waals surface area contributed by atoms with Crippen LogP contribution in [0.4, 0.5) is 5.00 Å². The topological polar surface area (TPSA) is 87.8 Å². The molecule has 1 N–H and O–H groups in total. The van der Waals surface area contributed by atoms with E-state index in [0.29, 0.717) is 38.2 Å². The number of thioether (sulfide) groups is 1. The summed E-state index contributed by atoms with van der Waals surface area (Å²) in [4.78, 5) is 32.0. The number of hydrogen-bond acceptors (Lipinski definition) is 6. The minimum absolute atomic E-state index is 0.0709. The third-order valence-corrected chi connectivity index (χ3v) is 8.08. The molecule has 34 heavy (non-hydrogen) atoms. The Morgan fingerprint density at radius 3 is 2.79 bits per heavy atom. The molecule has 0 radical (unpaired) electrons. The predicted octanol–water partition coefficient (Wildman–Crippen LogP) is 5.17. The summed E-state index contributed by atoms with van der Waals surface area (Å²) in [6.07, 6.45) is 2.89. The molecular weight excluding hydrogens is 464 g/mol. The first kappa shape index (κ1) is 22.4. The van der Waals surface area contributed by atoms with Crippen LogP contribution in [0.1, 0.15) is 29.3 Å². The van der Waals surface area contributed by atoms with Crippen molar-refractivity contribution in [3.63, 3.8) is 0 Å². The van der Waals surface area contributed by atoms with Gasteiger partial charge in [-0.3, -0.25) is 14.2 Å². The summed E-state index contributed by atoms with van der Waals surface area (Å²) in [6.45, 7) is 2.21. The number of amides is 1. The molecular formula is C26H22N4O2S2. The van der Waals surface area contributed by atoms with Crippen LogP contribution in [0.5, 0.6) is 0 Å². The van der Waals surface area contributed by atoms with Crippen molar-refractivity contribution in [1.82, 2.24) is 9.55 Å². The second-order valence-electron chi connectivity index (χ2n) is 8.39. The number of carbonyl (C=O) groups is 1. The summed E-state index contributed by atoms with van der Waals surface area (Å²) in [5.41, 5.74) is 2.79. The monoisotopic (exact) mass is 486 g/mol. The second-order valence-corrected chi connectivity index (χ2v) is 10.4. The highest BCUT2D eigenvalue weighted by atomic mass is 32.2. The Labute approximate surface area is 205 Å². The van der Waals surface area contributed by atoms with E-state index in [1.807, 2.05) is 42.5 Å². The van der Waals surface area contributed by atoms with Crippen molar-refractivity contribution in [3.8, 4) is 11.8 Å². The maximum atomic E-state index is 13.3. The number of nitrogens with zero attached hydrogens (tertiary/aromatic N) is 3. The third-order valence-electron chi connectivity index (χ3n) is 5.97. The predicted molar refractivity (Wildman–Crippen MR) is 137 cm³/mol. The first-order chi connectivity index (χ1) is 16.5. The lowest BCUT2D eigenvalue weighted by Gasteiger charge is -2.17. The largest absolute Gasteiger partial charge is 0.316 e. The average molecular weight is 487 g/mol. The van der Waals surface area contributed by atoms with Gasteiger partial charge in [0.15, 0.2) is 5.16 Å². The normalized spacial score (nSPS) is 15.0. The van der Waals surface area contributed by atoms with Crippen LogP contribution in [-0.4, -0.2) is 21.2 Å². The number of aromatic nitrogens is 2. The number of para-hydroxylation sites is 2. The number of anilines is 1. The quantitative estimate of drug-likeness (QED) is 0.310. The Kier molecular flexibility index (Phi) is 6.22. The van der Waals surface area contributed by atoms with E-state index in [2.05, 4.69) is 23.3 Å². The fourth-order valence-corrected chi connectivity index (χ4v) is 6.45. The lowest BCUT2D eigenvalue weighted by Crippen LogP contribution is -2.22. The van der Waals surface area contributed by atoms with E-state index in [0.717, 1.165) is 24.8 Å². The molecule has 0 bridgehead atoms. The molecule has 2 aromatic heterocycles. The summed E-state index contributed by atoms with van der Waals surface area (Å²) >= 11 is 2.72. The van der Waals surface area contributed by atoms with E-state index in [4.69, 9.17) is 0 Å². The zero-order valence-corrected chi connectivity index (χ0v) is 20.2. The Morgan fingerprint density at radius 1 is 1.24 bits per heavy atom. The zero-order chi connectivity index (χ0) is 23.7. The van der Waals surface area contributed by atoms with E-state index in [1.165, 1.54) is 28.0 Å². The highest BCUT2D eigenvalue weighted by Gasteiger charge is 2.25. The Bertz CT molecular complexity index is 1480. The van der Waals surface area contributed by atoms with Crippen molar-refractivity contribution in [2.75, 3.05) is 11.1 Å². The number of thiophene rings is 1. The molecule has 8 heteroatoms. The Balaban J connectivity index is 1.42. The highest BCUT2D eigenvalue weighted by Crippen LogP contribution is 2.39. The van der Waals surface area contributed by atoms with Gasteiger partial charge in [0.1, 0.15) is 11.1 Å². The fraction of sp³-hybridized carbons (Fsp3) is 0.231. The van der Waals surface area contributed by atoms with Gasteiger partial charge in [-0.15, -0.1) is 11.3 Å². The van der Waals surface area contributed by atoms with Gasteiger partial charge in [-0.25, -0.2) is 4.98 Å². The van der Waals surface area contributed by atoms with Gasteiger partial charge in [-0.2, -0.15) is 5.26 Å². The maximum absolute atomic E-state index is 13.3. The van der Waals surface area contributed by atoms with Crippen LogP contribution in [0.15, 0.2) is 64.5 Å². The number of fused-ring (bicyclic) bond motifs is 2. The van der Waals surface area contributed by atoms with Gasteiger partial charge < -0.3 is 5.32 Å². The van der Waals surface area contributed by atoms with E-state index >= 15 is 0 Å². The minimum Gasteiger partial charge on any atom is -0.316 e. The highest BCUT2D eigenvalue weighted by molar-refractivity contribution is 7.99. The first-order valence-electron chi connectivity index (χ1n) is 11.1. The number of nitriles is 1. The van der Waals surface area contributed by atoms with Crippen molar-refractivity contribution < 1.29 is 4.79 Å². The van der Waals surface area contributed by atoms with Crippen molar-refractivity contribution in [2.24, 2.45) is 5.92 Å². The fourth-order valence-electron chi connectivity index (χ4n) is 4.26. The molecule has 0 aliphatic heterocycles. The number of hydrogen-bond donors (Lipinski definition) is 1. The standard InChI is InChI=1S/C26H22N4O2S2/c1-16-11-12-18-20(14-27)24(34-22(18)13-16)29-23(31)15-33-26-28-21-10-6-5-9-19(21)25(32)30(26)17-7-3-2-4-8-17/h2-10,16H,11-13,15H2,1H3,(H,29,31). The Morgan fingerprint density at radius 2 is 2.00 bits per heavy atom. The molecule has 1 amide bonds. The number of carbonyl (C=O) groups excluding carboxylic acids is 1. The molecule has 1 atom stereocenters. The van der Waals surface area contributed by atoms with Gasteiger partial charge in [0, 0.05) is 4.88 Å². The SMILES string of the molecule is CC1CCc2c(sc(NC(=O)CSc3nc4ccccc4c(=O)n3-c3ccccc3)c2C#N)C1. The van der Waals surface area contributed by atoms with Crippen LogP contribution in [0, 0.1) is 17.2 Å². The van der Waals surface area contributed by atoms with E-state index < -0.39 is 0 Å². The number of nitrogens with one attached hydrogen (secondary N) is 1. The van der Waals surface area contributed by atoms with Crippen LogP contribution in [0.25, 0.3) is 16.6 Å².